The summed E-state index contributed by atoms with van der Waals surface area (Å²) < 4.78 is 37.1. The Hall–Kier alpha value is -3.20. The molecule has 1 aliphatic rings. The molecule has 0 saturated carbocycles. The van der Waals surface area contributed by atoms with Crippen molar-refractivity contribution in [2.24, 2.45) is 0 Å². The first-order valence-corrected chi connectivity index (χ1v) is 11.0. The van der Waals surface area contributed by atoms with Gasteiger partial charge in [0, 0.05) is 18.5 Å². The van der Waals surface area contributed by atoms with Gasteiger partial charge < -0.3 is 13.8 Å². The summed E-state index contributed by atoms with van der Waals surface area (Å²) in [6.07, 6.45) is 4.39. The topological polar surface area (TPSA) is 122 Å². The first-order valence-electron chi connectivity index (χ1n) is 9.56. The molecule has 1 aromatic carbocycles. The molecule has 1 aliphatic heterocycles. The number of aromatic nitrogens is 3. The third-order valence-corrected chi connectivity index (χ3v) is 5.81. The van der Waals surface area contributed by atoms with Crippen LogP contribution >= 0.6 is 7.82 Å². The van der Waals surface area contributed by atoms with Gasteiger partial charge in [0.05, 0.1) is 18.9 Å². The van der Waals surface area contributed by atoms with E-state index in [2.05, 4.69) is 9.97 Å². The molecule has 3 atom stereocenters. The molecule has 4 rings (SSSR count). The third-order valence-electron chi connectivity index (χ3n) is 4.48. The van der Waals surface area contributed by atoms with Gasteiger partial charge in [-0.2, -0.15) is 0 Å². The highest BCUT2D eigenvalue weighted by Gasteiger charge is 2.35. The number of para-hydroxylation sites is 1. The smallest absolute Gasteiger partial charge is 0.395 e. The van der Waals surface area contributed by atoms with Crippen LogP contribution in [0.15, 0.2) is 76.7 Å². The number of nitrogens with zero attached hydrogens (tertiary/aromatic N) is 2. The quantitative estimate of drug-likeness (QED) is 0.526. The van der Waals surface area contributed by atoms with Gasteiger partial charge in [-0.1, -0.05) is 18.2 Å². The minimum atomic E-state index is -4.06. The first-order chi connectivity index (χ1) is 15.0. The number of rotatable bonds is 8. The minimum absolute atomic E-state index is 0.0843. The van der Waals surface area contributed by atoms with Crippen molar-refractivity contribution in [3.05, 3.63) is 88.0 Å². The van der Waals surface area contributed by atoms with Crippen molar-refractivity contribution in [1.29, 1.82) is 0 Å². The number of aromatic amines is 1. The minimum Gasteiger partial charge on any atom is -0.395 e. The molecule has 0 radical (unpaired) electrons. The number of nitrogens with one attached hydrogen (secondary N) is 1. The molecule has 0 bridgehead atoms. The Morgan fingerprint density at radius 1 is 1.06 bits per heavy atom. The van der Waals surface area contributed by atoms with Crippen LogP contribution in [0, 0.1) is 0 Å². The molecule has 1 fully saturated rings. The molecule has 11 heteroatoms. The second-order valence-corrected chi connectivity index (χ2v) is 8.25. The van der Waals surface area contributed by atoms with Crippen LogP contribution in [0.3, 0.4) is 0 Å². The summed E-state index contributed by atoms with van der Waals surface area (Å²) in [4.78, 5) is 29.3. The predicted octanol–water partition coefficient (Wildman–Crippen LogP) is 2.89. The van der Waals surface area contributed by atoms with E-state index in [1.165, 1.54) is 23.0 Å². The van der Waals surface area contributed by atoms with Crippen molar-refractivity contribution < 1.29 is 22.9 Å². The van der Waals surface area contributed by atoms with E-state index in [9.17, 15) is 14.2 Å². The van der Waals surface area contributed by atoms with Crippen molar-refractivity contribution in [2.45, 2.75) is 25.2 Å². The van der Waals surface area contributed by atoms with E-state index >= 15 is 0 Å². The third kappa shape index (κ3) is 5.49. The number of phosphoric acid groups is 1. The van der Waals surface area contributed by atoms with Crippen LogP contribution in [0.2, 0.25) is 0 Å². The average molecular weight is 445 g/mol. The van der Waals surface area contributed by atoms with Gasteiger partial charge in [-0.3, -0.25) is 23.9 Å². The zero-order valence-corrected chi connectivity index (χ0v) is 17.2. The average Bonchev–Trinajstić information content (AvgIpc) is 3.22. The number of hydrogen-bond acceptors (Lipinski definition) is 8. The Labute approximate surface area is 177 Å². The Balaban J connectivity index is 1.44. The summed E-state index contributed by atoms with van der Waals surface area (Å²) in [5, 5.41) is 0. The van der Waals surface area contributed by atoms with Crippen LogP contribution < -0.4 is 20.3 Å². The second-order valence-electron chi connectivity index (χ2n) is 6.73. The number of benzene rings is 1. The Bertz CT molecular complexity index is 1120. The summed E-state index contributed by atoms with van der Waals surface area (Å²) in [5.41, 5.74) is -1.04. The van der Waals surface area contributed by atoms with Crippen molar-refractivity contribution in [2.75, 3.05) is 6.61 Å². The van der Waals surface area contributed by atoms with Crippen LogP contribution in [-0.4, -0.2) is 27.2 Å². The molecule has 1 unspecified atom stereocenters. The maximum atomic E-state index is 13.3. The van der Waals surface area contributed by atoms with E-state index in [-0.39, 0.29) is 12.4 Å². The van der Waals surface area contributed by atoms with Crippen molar-refractivity contribution in [3.8, 4) is 11.5 Å². The lowest BCUT2D eigenvalue weighted by Gasteiger charge is -2.21. The Kier molecular flexibility index (Phi) is 6.31. The van der Waals surface area contributed by atoms with Gasteiger partial charge >= 0.3 is 13.5 Å². The molecule has 1 saturated heterocycles. The predicted molar refractivity (Wildman–Crippen MR) is 110 cm³/mol. The van der Waals surface area contributed by atoms with Gasteiger partial charge in [-0.25, -0.2) is 9.36 Å². The molecule has 1 N–H and O–H groups in total. The zero-order valence-electron chi connectivity index (χ0n) is 16.3. The summed E-state index contributed by atoms with van der Waals surface area (Å²) in [5.74, 6) is 0.548. The SMILES string of the molecule is O=c1ccn([C@H]2CC[C@@H](COP(=O)(Oc3ccccc3)Oc3cccnc3)O2)c(=O)[nH]1. The molecular weight excluding hydrogens is 425 g/mol. The monoisotopic (exact) mass is 445 g/mol. The summed E-state index contributed by atoms with van der Waals surface area (Å²) in [6, 6.07) is 13.0. The van der Waals surface area contributed by atoms with Crippen LogP contribution in [0.5, 0.6) is 11.5 Å². The number of phosphoric ester groups is 1. The van der Waals surface area contributed by atoms with Gasteiger partial charge in [0.15, 0.2) is 5.75 Å². The lowest BCUT2D eigenvalue weighted by molar-refractivity contribution is -0.0235. The van der Waals surface area contributed by atoms with E-state index in [1.807, 2.05) is 0 Å². The largest absolute Gasteiger partial charge is 0.587 e. The number of hydrogen-bond donors (Lipinski definition) is 1. The fourth-order valence-electron chi connectivity index (χ4n) is 3.05. The lowest BCUT2D eigenvalue weighted by atomic mass is 10.2. The van der Waals surface area contributed by atoms with Crippen molar-refractivity contribution >= 4 is 7.82 Å². The Morgan fingerprint density at radius 3 is 2.58 bits per heavy atom. The molecule has 10 nitrogen and oxygen atoms in total. The summed E-state index contributed by atoms with van der Waals surface area (Å²) >= 11 is 0. The molecule has 0 spiro atoms. The molecule has 2 aromatic heterocycles. The van der Waals surface area contributed by atoms with E-state index in [4.69, 9.17) is 18.3 Å². The lowest BCUT2D eigenvalue weighted by Crippen LogP contribution is -2.31. The van der Waals surface area contributed by atoms with Crippen LogP contribution in [0.25, 0.3) is 0 Å². The fraction of sp³-hybridized carbons (Fsp3) is 0.250. The number of H-pyrrole nitrogens is 1. The second kappa shape index (κ2) is 9.30. The van der Waals surface area contributed by atoms with Crippen molar-refractivity contribution in [1.82, 2.24) is 14.5 Å². The fourth-order valence-corrected chi connectivity index (χ4v) is 4.29. The molecule has 0 aliphatic carbocycles. The maximum Gasteiger partial charge on any atom is 0.587 e. The number of ether oxygens (including phenoxy) is 1. The van der Waals surface area contributed by atoms with E-state index in [1.54, 1.807) is 48.7 Å². The molecule has 31 heavy (non-hydrogen) atoms. The maximum absolute atomic E-state index is 13.3. The van der Waals surface area contributed by atoms with Crippen LogP contribution in [0.4, 0.5) is 0 Å². The van der Waals surface area contributed by atoms with E-state index < -0.39 is 31.4 Å². The summed E-state index contributed by atoms with van der Waals surface area (Å²) in [6.45, 7) is -0.0843. The van der Waals surface area contributed by atoms with Crippen LogP contribution in [-0.2, 0) is 13.8 Å². The van der Waals surface area contributed by atoms with Gasteiger partial charge in [0.2, 0.25) is 0 Å². The van der Waals surface area contributed by atoms with Gasteiger partial charge in [0.25, 0.3) is 5.56 Å². The Morgan fingerprint density at radius 2 is 1.84 bits per heavy atom. The highest BCUT2D eigenvalue weighted by molar-refractivity contribution is 7.49. The van der Waals surface area contributed by atoms with Crippen LogP contribution in [0.1, 0.15) is 19.1 Å². The van der Waals surface area contributed by atoms with Gasteiger partial charge in [-0.05, 0) is 37.1 Å². The molecule has 3 aromatic rings. The first kappa shape index (κ1) is 21.0. The molecule has 162 valence electrons. The molecule has 0 amide bonds. The van der Waals surface area contributed by atoms with E-state index in [0.29, 0.717) is 18.6 Å². The van der Waals surface area contributed by atoms with Crippen molar-refractivity contribution in [3.63, 3.8) is 0 Å². The van der Waals surface area contributed by atoms with Gasteiger partial charge in [-0.15, -0.1) is 0 Å². The summed E-state index contributed by atoms with van der Waals surface area (Å²) in [7, 11) is -4.06. The number of pyridine rings is 1. The zero-order chi connectivity index (χ0) is 21.7. The van der Waals surface area contributed by atoms with Gasteiger partial charge in [0.1, 0.15) is 12.0 Å². The highest BCUT2D eigenvalue weighted by Crippen LogP contribution is 2.50. The van der Waals surface area contributed by atoms with E-state index in [0.717, 1.165) is 0 Å². The standard InChI is InChI=1S/C20H20N3O7P/c24-18-10-12-23(20(25)22-18)19-9-8-17(28-19)14-27-31(26,29-15-5-2-1-3-6-15)30-16-7-4-11-21-13-16/h1-7,10-13,17,19H,8-9,14H2,(H,22,24,25)/t17-,19+,31?/m0/s1. The molecular formula is C20H20N3O7P. The highest BCUT2D eigenvalue weighted by atomic mass is 31.2. The normalized spacial score (nSPS) is 20.1. The molecule has 3 heterocycles.